The fraction of sp³-hybridized carbons (Fsp3) is 0.407. The van der Waals surface area contributed by atoms with E-state index in [0.29, 0.717) is 11.8 Å². The van der Waals surface area contributed by atoms with Gasteiger partial charge in [-0.25, -0.2) is 0 Å². The molecule has 0 amide bonds. The number of ether oxygens (including phenoxy) is 1. The van der Waals surface area contributed by atoms with Crippen molar-refractivity contribution in [2.24, 2.45) is 0 Å². The van der Waals surface area contributed by atoms with Crippen molar-refractivity contribution in [3.8, 4) is 5.75 Å². The molecule has 1 aliphatic rings. The number of nitrogens with zero attached hydrogens (tertiary/aromatic N) is 1. The molecule has 1 saturated heterocycles. The van der Waals surface area contributed by atoms with Crippen LogP contribution in [0, 0.1) is 0 Å². The maximum Gasteiger partial charge on any atom is 0.121 e. The van der Waals surface area contributed by atoms with Gasteiger partial charge in [0.2, 0.25) is 0 Å². The zero-order chi connectivity index (χ0) is 21.0. The summed E-state index contributed by atoms with van der Waals surface area (Å²) < 4.78 is 6.11. The van der Waals surface area contributed by atoms with Crippen molar-refractivity contribution in [2.75, 3.05) is 13.1 Å². The summed E-state index contributed by atoms with van der Waals surface area (Å²) in [6.07, 6.45) is 4.22. The highest BCUT2D eigenvalue weighted by Gasteiger charge is 2.24. The normalized spacial score (nSPS) is 17.3. The highest BCUT2D eigenvalue weighted by atomic mass is 16.5. The molecule has 1 heterocycles. The fourth-order valence-corrected chi connectivity index (χ4v) is 3.91. The summed E-state index contributed by atoms with van der Waals surface area (Å²) in [5.41, 5.74) is 4.70. The number of piperidine rings is 1. The van der Waals surface area contributed by atoms with E-state index < -0.39 is 0 Å². The molecule has 0 N–H and O–H groups in total. The largest absolute Gasteiger partial charge is 0.484 e. The zero-order valence-electron chi connectivity index (χ0n) is 18.4. The van der Waals surface area contributed by atoms with E-state index in [1.807, 2.05) is 26.0 Å². The van der Waals surface area contributed by atoms with Gasteiger partial charge in [0.25, 0.3) is 0 Å². The van der Waals surface area contributed by atoms with Crippen molar-refractivity contribution in [3.63, 3.8) is 0 Å². The first-order valence-corrected chi connectivity index (χ1v) is 10.8. The maximum absolute atomic E-state index is 6.11. The molecule has 2 aromatic carbocycles. The lowest BCUT2D eigenvalue weighted by Crippen LogP contribution is -2.33. The van der Waals surface area contributed by atoms with Crippen LogP contribution in [0.5, 0.6) is 5.75 Å². The van der Waals surface area contributed by atoms with Gasteiger partial charge in [-0.3, -0.25) is 0 Å². The molecule has 0 aliphatic carbocycles. The van der Waals surface area contributed by atoms with Gasteiger partial charge in [-0.05, 0) is 67.5 Å². The number of likely N-dealkylation sites (tertiary alicyclic amines) is 1. The molecular weight excluding hydrogens is 354 g/mol. The third-order valence-electron chi connectivity index (χ3n) is 5.92. The maximum atomic E-state index is 6.11. The van der Waals surface area contributed by atoms with Gasteiger partial charge >= 0.3 is 0 Å². The van der Waals surface area contributed by atoms with Crippen LogP contribution >= 0.6 is 0 Å². The molecule has 0 radical (unpaired) electrons. The molecule has 1 fully saturated rings. The first kappa shape index (κ1) is 21.2. The van der Waals surface area contributed by atoms with Crippen molar-refractivity contribution in [3.05, 3.63) is 84.5 Å². The summed E-state index contributed by atoms with van der Waals surface area (Å²) in [6, 6.07) is 17.4. The Morgan fingerprint density at radius 3 is 2.55 bits per heavy atom. The van der Waals surface area contributed by atoms with Gasteiger partial charge in [0.05, 0.1) is 0 Å². The zero-order valence-corrected chi connectivity index (χ0v) is 18.4. The highest BCUT2D eigenvalue weighted by Crippen LogP contribution is 2.33. The van der Waals surface area contributed by atoms with Crippen LogP contribution in [0.2, 0.25) is 0 Å². The average molecular weight is 390 g/mol. The van der Waals surface area contributed by atoms with E-state index in [-0.39, 0.29) is 5.60 Å². The summed E-state index contributed by atoms with van der Waals surface area (Å²) in [7, 11) is 0. The predicted octanol–water partition coefficient (Wildman–Crippen LogP) is 7.00. The van der Waals surface area contributed by atoms with Crippen LogP contribution in [-0.2, 0) is 0 Å². The van der Waals surface area contributed by atoms with Crippen molar-refractivity contribution < 1.29 is 4.74 Å². The van der Waals surface area contributed by atoms with Crippen molar-refractivity contribution in [1.82, 2.24) is 4.90 Å². The van der Waals surface area contributed by atoms with Gasteiger partial charge in [0.1, 0.15) is 11.4 Å². The monoisotopic (exact) mass is 389 g/mol. The van der Waals surface area contributed by atoms with Gasteiger partial charge < -0.3 is 9.64 Å². The minimum Gasteiger partial charge on any atom is -0.484 e. The lowest BCUT2D eigenvalue weighted by atomic mass is 9.89. The third kappa shape index (κ3) is 5.32. The van der Waals surface area contributed by atoms with Crippen LogP contribution in [-0.4, -0.2) is 23.6 Å². The summed E-state index contributed by atoms with van der Waals surface area (Å²) in [5.74, 6) is 1.95. The number of hydrogen-bond acceptors (Lipinski definition) is 2. The molecule has 1 aliphatic heterocycles. The van der Waals surface area contributed by atoms with Crippen LogP contribution in [0.1, 0.15) is 69.1 Å². The Hall–Kier alpha value is -2.48. The standard InChI is InChI=1S/C27H35NO/c1-7-27(5,6)29-26-12-8-10-24(18-26)25-11-9-17-28(19-25)21(4)23-15-13-22(14-16-23)20(2)3/h7-8,10,12-16,18,20,25H,1,4,9,11,17,19H2,2-3,5-6H3. The van der Waals surface area contributed by atoms with Gasteiger partial charge in [0, 0.05) is 24.7 Å². The number of benzene rings is 2. The first-order valence-electron chi connectivity index (χ1n) is 10.8. The van der Waals surface area contributed by atoms with E-state index in [2.05, 4.69) is 74.4 Å². The molecule has 3 rings (SSSR count). The number of rotatable bonds is 7. The second-order valence-electron chi connectivity index (χ2n) is 8.99. The predicted molar refractivity (Wildman–Crippen MR) is 124 cm³/mol. The molecule has 0 bridgehead atoms. The quantitative estimate of drug-likeness (QED) is 0.473. The summed E-state index contributed by atoms with van der Waals surface area (Å²) in [6.45, 7) is 18.9. The molecule has 2 aromatic rings. The summed E-state index contributed by atoms with van der Waals surface area (Å²) in [4.78, 5) is 2.44. The van der Waals surface area contributed by atoms with Crippen LogP contribution in [0.3, 0.4) is 0 Å². The second kappa shape index (κ2) is 8.90. The summed E-state index contributed by atoms with van der Waals surface area (Å²) >= 11 is 0. The molecular formula is C27H35NO. The van der Waals surface area contributed by atoms with E-state index in [9.17, 15) is 0 Å². The Labute approximate surface area is 176 Å². The molecule has 29 heavy (non-hydrogen) atoms. The average Bonchev–Trinajstić information content (AvgIpc) is 2.73. The molecule has 1 atom stereocenters. The van der Waals surface area contributed by atoms with Crippen molar-refractivity contribution >= 4 is 5.70 Å². The molecule has 0 saturated carbocycles. The van der Waals surface area contributed by atoms with Gasteiger partial charge in [-0.2, -0.15) is 0 Å². The minimum atomic E-state index is -0.367. The van der Waals surface area contributed by atoms with E-state index in [1.54, 1.807) is 0 Å². The minimum absolute atomic E-state index is 0.367. The van der Waals surface area contributed by atoms with E-state index in [0.717, 1.165) is 24.5 Å². The van der Waals surface area contributed by atoms with E-state index in [4.69, 9.17) is 4.74 Å². The Balaban J connectivity index is 1.72. The Bertz CT molecular complexity index is 847. The van der Waals surface area contributed by atoms with Gasteiger partial charge in [0.15, 0.2) is 0 Å². The number of hydrogen-bond donors (Lipinski definition) is 0. The van der Waals surface area contributed by atoms with Gasteiger partial charge in [-0.15, -0.1) is 0 Å². The van der Waals surface area contributed by atoms with Crippen LogP contribution < -0.4 is 4.74 Å². The summed E-state index contributed by atoms with van der Waals surface area (Å²) in [5, 5.41) is 0. The van der Waals surface area contributed by atoms with Crippen molar-refractivity contribution in [2.45, 2.75) is 58.0 Å². The fourth-order valence-electron chi connectivity index (χ4n) is 3.91. The molecule has 154 valence electrons. The lowest BCUT2D eigenvalue weighted by molar-refractivity contribution is 0.162. The van der Waals surface area contributed by atoms with Crippen molar-refractivity contribution in [1.29, 1.82) is 0 Å². The van der Waals surface area contributed by atoms with E-state index in [1.165, 1.54) is 29.5 Å². The first-order chi connectivity index (χ1) is 13.8. The Morgan fingerprint density at radius 1 is 1.17 bits per heavy atom. The smallest absolute Gasteiger partial charge is 0.121 e. The second-order valence-corrected chi connectivity index (χ2v) is 8.99. The molecule has 0 aromatic heterocycles. The highest BCUT2D eigenvalue weighted by molar-refractivity contribution is 5.62. The van der Waals surface area contributed by atoms with Crippen LogP contribution in [0.15, 0.2) is 67.8 Å². The molecule has 2 heteroatoms. The SMILES string of the molecule is C=CC(C)(C)Oc1cccc(C2CCCN(C(=C)c3ccc(C(C)C)cc3)C2)c1. The molecule has 1 unspecified atom stereocenters. The van der Waals surface area contributed by atoms with E-state index >= 15 is 0 Å². The topological polar surface area (TPSA) is 12.5 Å². The molecule has 2 nitrogen and oxygen atoms in total. The Kier molecular flexibility index (Phi) is 6.52. The molecule has 0 spiro atoms. The lowest BCUT2D eigenvalue weighted by Gasteiger charge is -2.36. The third-order valence-corrected chi connectivity index (χ3v) is 5.92. The van der Waals surface area contributed by atoms with Gasteiger partial charge in [-0.1, -0.05) is 63.4 Å². The Morgan fingerprint density at radius 2 is 1.90 bits per heavy atom. The van der Waals surface area contributed by atoms with Crippen LogP contribution in [0.4, 0.5) is 0 Å². The van der Waals surface area contributed by atoms with Crippen LogP contribution in [0.25, 0.3) is 5.70 Å².